The monoisotopic (exact) mass is 438 g/mol. The Morgan fingerprint density at radius 3 is 2.53 bits per heavy atom. The highest BCUT2D eigenvalue weighted by atomic mass is 16.5. The van der Waals surface area contributed by atoms with E-state index in [1.807, 2.05) is 0 Å². The summed E-state index contributed by atoms with van der Waals surface area (Å²) in [5.74, 6) is 2.75. The van der Waals surface area contributed by atoms with E-state index >= 15 is 0 Å². The van der Waals surface area contributed by atoms with Gasteiger partial charge in [0.15, 0.2) is 0 Å². The van der Waals surface area contributed by atoms with E-state index in [1.165, 1.54) is 35.2 Å². The lowest BCUT2D eigenvalue weighted by atomic mass is 9.95. The van der Waals surface area contributed by atoms with Gasteiger partial charge in [0.2, 0.25) is 0 Å². The van der Waals surface area contributed by atoms with Gasteiger partial charge in [0.25, 0.3) is 0 Å². The van der Waals surface area contributed by atoms with Crippen molar-refractivity contribution in [1.82, 2.24) is 9.80 Å². The van der Waals surface area contributed by atoms with E-state index in [1.54, 1.807) is 0 Å². The smallest absolute Gasteiger partial charge is 0.122 e. The van der Waals surface area contributed by atoms with Crippen molar-refractivity contribution in [3.8, 4) is 11.5 Å². The predicted octanol–water partition coefficient (Wildman–Crippen LogP) is 5.28. The van der Waals surface area contributed by atoms with Crippen LogP contribution in [0.3, 0.4) is 0 Å². The summed E-state index contributed by atoms with van der Waals surface area (Å²) in [4.78, 5) is 4.94. The molecule has 0 spiro atoms. The van der Waals surface area contributed by atoms with Crippen molar-refractivity contribution in [3.05, 3.63) is 58.7 Å². The third-order valence-corrected chi connectivity index (χ3v) is 6.98. The van der Waals surface area contributed by atoms with E-state index in [4.69, 9.17) is 9.47 Å². The fraction of sp³-hybridized carbons (Fsp3) is 0.571. The van der Waals surface area contributed by atoms with Gasteiger partial charge in [-0.3, -0.25) is 4.90 Å². The summed E-state index contributed by atoms with van der Waals surface area (Å²) in [6.07, 6.45) is 2.42. The molecule has 1 heterocycles. The van der Waals surface area contributed by atoms with E-state index in [-0.39, 0.29) is 0 Å². The molecule has 0 saturated carbocycles. The average Bonchev–Trinajstić information content (AvgIpc) is 3.23. The maximum absolute atomic E-state index is 6.07. The number of ether oxygens (including phenoxy) is 2. The van der Waals surface area contributed by atoms with Crippen LogP contribution in [-0.4, -0.2) is 62.3 Å². The zero-order valence-corrected chi connectivity index (χ0v) is 20.8. The second kappa shape index (κ2) is 12.3. The molecule has 0 radical (unpaired) electrons. The van der Waals surface area contributed by atoms with Gasteiger partial charge in [-0.15, -0.1) is 0 Å². The van der Waals surface area contributed by atoms with Gasteiger partial charge in [-0.25, -0.2) is 0 Å². The third-order valence-electron chi connectivity index (χ3n) is 6.98. The lowest BCUT2D eigenvalue weighted by Gasteiger charge is -2.19. The number of rotatable bonds is 12. The lowest BCUT2D eigenvalue weighted by Crippen LogP contribution is -2.27. The number of benzene rings is 2. The van der Waals surface area contributed by atoms with E-state index in [0.717, 1.165) is 69.8 Å². The van der Waals surface area contributed by atoms with Crippen LogP contribution in [0.5, 0.6) is 11.5 Å². The topological polar surface area (TPSA) is 24.9 Å². The average molecular weight is 439 g/mol. The molecule has 0 aliphatic carbocycles. The Hall–Kier alpha value is -2.04. The molecule has 0 amide bonds. The largest absolute Gasteiger partial charge is 0.492 e. The first-order valence-corrected chi connectivity index (χ1v) is 12.4. The zero-order valence-electron chi connectivity index (χ0n) is 20.8. The molecule has 2 aromatic carbocycles. The molecule has 4 nitrogen and oxygen atoms in total. The van der Waals surface area contributed by atoms with Crippen LogP contribution in [0.2, 0.25) is 0 Å². The van der Waals surface area contributed by atoms with Gasteiger partial charge in [-0.1, -0.05) is 32.0 Å². The molecule has 1 aliphatic rings. The highest BCUT2D eigenvalue weighted by Gasteiger charge is 2.23. The van der Waals surface area contributed by atoms with Crippen LogP contribution in [0, 0.1) is 26.7 Å². The Balaban J connectivity index is 1.41. The maximum atomic E-state index is 6.07. The van der Waals surface area contributed by atoms with Gasteiger partial charge in [0.05, 0.1) is 0 Å². The van der Waals surface area contributed by atoms with Crippen molar-refractivity contribution in [2.75, 3.05) is 52.5 Å². The third kappa shape index (κ3) is 6.98. The summed E-state index contributed by atoms with van der Waals surface area (Å²) >= 11 is 0. The number of likely N-dealkylation sites (tertiary alicyclic amines) is 1. The summed E-state index contributed by atoms with van der Waals surface area (Å²) in [7, 11) is 0. The van der Waals surface area contributed by atoms with Crippen molar-refractivity contribution in [2.45, 2.75) is 47.5 Å². The summed E-state index contributed by atoms with van der Waals surface area (Å²) in [6.45, 7) is 18.9. The SMILES string of the molecule is CCN(CC)CCOc1ccc(CC2CCN(CCOc3cccc(C)c3C)C2)c(C)c1. The molecular weight excluding hydrogens is 396 g/mol. The van der Waals surface area contributed by atoms with Crippen LogP contribution in [0.1, 0.15) is 42.5 Å². The highest BCUT2D eigenvalue weighted by molar-refractivity contribution is 5.38. The number of hydrogen-bond acceptors (Lipinski definition) is 4. The van der Waals surface area contributed by atoms with Gasteiger partial charge in [0, 0.05) is 19.6 Å². The first-order chi connectivity index (χ1) is 15.5. The van der Waals surface area contributed by atoms with Crippen molar-refractivity contribution in [3.63, 3.8) is 0 Å². The first-order valence-electron chi connectivity index (χ1n) is 12.4. The van der Waals surface area contributed by atoms with Crippen molar-refractivity contribution in [2.24, 2.45) is 5.92 Å². The van der Waals surface area contributed by atoms with Crippen LogP contribution in [0.15, 0.2) is 36.4 Å². The van der Waals surface area contributed by atoms with Crippen LogP contribution >= 0.6 is 0 Å². The van der Waals surface area contributed by atoms with Crippen LogP contribution < -0.4 is 9.47 Å². The van der Waals surface area contributed by atoms with Gasteiger partial charge < -0.3 is 14.4 Å². The minimum atomic E-state index is 0.726. The first kappa shape index (κ1) is 24.6. The Bertz CT molecular complexity index is 847. The van der Waals surface area contributed by atoms with Gasteiger partial charge >= 0.3 is 0 Å². The molecule has 0 N–H and O–H groups in total. The van der Waals surface area contributed by atoms with Gasteiger partial charge in [0.1, 0.15) is 24.7 Å². The molecule has 1 aliphatic heterocycles. The Morgan fingerprint density at radius 2 is 1.78 bits per heavy atom. The van der Waals surface area contributed by atoms with Crippen LogP contribution in [-0.2, 0) is 6.42 Å². The van der Waals surface area contributed by atoms with Gasteiger partial charge in [-0.05, 0) is 99.6 Å². The lowest BCUT2D eigenvalue weighted by molar-refractivity contribution is 0.222. The molecule has 176 valence electrons. The molecule has 1 unspecified atom stereocenters. The molecule has 3 rings (SSSR count). The molecule has 1 saturated heterocycles. The summed E-state index contributed by atoms with van der Waals surface area (Å²) in [5, 5.41) is 0. The highest BCUT2D eigenvalue weighted by Crippen LogP contribution is 2.25. The molecule has 1 atom stereocenters. The van der Waals surface area contributed by atoms with Crippen molar-refractivity contribution in [1.29, 1.82) is 0 Å². The fourth-order valence-corrected chi connectivity index (χ4v) is 4.58. The normalized spacial score (nSPS) is 16.6. The Kier molecular flexibility index (Phi) is 9.43. The van der Waals surface area contributed by atoms with E-state index in [0.29, 0.717) is 0 Å². The maximum Gasteiger partial charge on any atom is 0.122 e. The molecule has 0 bridgehead atoms. The second-order valence-electron chi connectivity index (χ2n) is 9.17. The summed E-state index contributed by atoms with van der Waals surface area (Å²) in [5.41, 5.74) is 5.35. The van der Waals surface area contributed by atoms with Crippen LogP contribution in [0.4, 0.5) is 0 Å². The molecular formula is C28H42N2O2. The Morgan fingerprint density at radius 1 is 0.969 bits per heavy atom. The molecule has 1 fully saturated rings. The quantitative estimate of drug-likeness (QED) is 0.450. The number of aryl methyl sites for hydroxylation is 2. The van der Waals surface area contributed by atoms with Crippen LogP contribution in [0.25, 0.3) is 0 Å². The standard InChI is InChI=1S/C28H42N2O2/c1-6-29(7-2)15-17-31-27-12-11-26(23(4)19-27)20-25-13-14-30(21-25)16-18-32-28-10-8-9-22(3)24(28)5/h8-12,19,25H,6-7,13-18,20-21H2,1-5H3. The van der Waals surface area contributed by atoms with Crippen molar-refractivity contribution < 1.29 is 9.47 Å². The zero-order chi connectivity index (χ0) is 22.9. The molecule has 32 heavy (non-hydrogen) atoms. The molecule has 2 aromatic rings. The Labute approximate surface area is 195 Å². The minimum absolute atomic E-state index is 0.726. The summed E-state index contributed by atoms with van der Waals surface area (Å²) < 4.78 is 12.1. The fourth-order valence-electron chi connectivity index (χ4n) is 4.58. The van der Waals surface area contributed by atoms with E-state index in [9.17, 15) is 0 Å². The molecule has 4 heteroatoms. The van der Waals surface area contributed by atoms with E-state index in [2.05, 4.69) is 80.8 Å². The summed E-state index contributed by atoms with van der Waals surface area (Å²) in [6, 6.07) is 12.9. The number of likely N-dealkylation sites (N-methyl/N-ethyl adjacent to an activating group) is 1. The number of hydrogen-bond donors (Lipinski definition) is 0. The van der Waals surface area contributed by atoms with Crippen molar-refractivity contribution >= 4 is 0 Å². The van der Waals surface area contributed by atoms with Gasteiger partial charge in [-0.2, -0.15) is 0 Å². The second-order valence-corrected chi connectivity index (χ2v) is 9.17. The molecule has 0 aromatic heterocycles. The van der Waals surface area contributed by atoms with E-state index < -0.39 is 0 Å². The number of nitrogens with zero attached hydrogens (tertiary/aromatic N) is 2. The minimum Gasteiger partial charge on any atom is -0.492 e. The predicted molar refractivity (Wildman–Crippen MR) is 134 cm³/mol.